The maximum absolute atomic E-state index is 8.88. The summed E-state index contributed by atoms with van der Waals surface area (Å²) in [7, 11) is 3.34. The highest BCUT2D eigenvalue weighted by Gasteiger charge is 2.22. The standard InChI is InChI=1S/C15H23NO3.ClH/c1-18-14-9-11-6-7-16-13(5-3-4-8-17)12(11)10-15(14)19-2;/h9-10,13,16-17H,3-8H2,1-2H3;1H. The predicted octanol–water partition coefficient (Wildman–Crippen LogP) is 2.48. The van der Waals surface area contributed by atoms with E-state index in [9.17, 15) is 0 Å². The molecular weight excluding hydrogens is 278 g/mol. The first-order valence-electron chi connectivity index (χ1n) is 6.89. The number of nitrogens with one attached hydrogen (secondary N) is 1. The van der Waals surface area contributed by atoms with Gasteiger partial charge in [-0.2, -0.15) is 0 Å². The molecule has 0 saturated heterocycles. The number of fused-ring (bicyclic) bond motifs is 1. The molecule has 2 rings (SSSR count). The Balaban J connectivity index is 0.00000200. The van der Waals surface area contributed by atoms with Gasteiger partial charge in [0.1, 0.15) is 0 Å². The molecule has 1 aliphatic heterocycles. The van der Waals surface area contributed by atoms with Crippen LogP contribution in [0.25, 0.3) is 0 Å². The molecule has 0 saturated carbocycles. The van der Waals surface area contributed by atoms with E-state index in [1.54, 1.807) is 14.2 Å². The molecule has 0 aliphatic carbocycles. The summed E-state index contributed by atoms with van der Waals surface area (Å²) in [4.78, 5) is 0. The molecule has 20 heavy (non-hydrogen) atoms. The van der Waals surface area contributed by atoms with Crippen molar-refractivity contribution in [1.29, 1.82) is 0 Å². The zero-order valence-corrected chi connectivity index (χ0v) is 13.0. The molecule has 0 fully saturated rings. The van der Waals surface area contributed by atoms with Crippen LogP contribution in [0.1, 0.15) is 36.4 Å². The molecule has 0 radical (unpaired) electrons. The Labute approximate surface area is 126 Å². The number of aliphatic hydroxyl groups excluding tert-OH is 1. The normalized spacial score (nSPS) is 17.1. The number of benzene rings is 1. The lowest BCUT2D eigenvalue weighted by molar-refractivity contribution is 0.278. The molecule has 1 aliphatic rings. The molecule has 1 atom stereocenters. The number of unbranched alkanes of at least 4 members (excludes halogenated alkanes) is 1. The minimum atomic E-state index is 0. The van der Waals surface area contributed by atoms with Crippen molar-refractivity contribution in [3.05, 3.63) is 23.3 Å². The molecule has 0 spiro atoms. The summed E-state index contributed by atoms with van der Waals surface area (Å²) in [6.45, 7) is 1.26. The second-order valence-electron chi connectivity index (χ2n) is 4.88. The molecule has 1 aromatic carbocycles. The first-order chi connectivity index (χ1) is 9.30. The van der Waals surface area contributed by atoms with Crippen molar-refractivity contribution in [1.82, 2.24) is 5.32 Å². The molecule has 2 N–H and O–H groups in total. The van der Waals surface area contributed by atoms with E-state index in [2.05, 4.69) is 17.4 Å². The van der Waals surface area contributed by atoms with Gasteiger partial charge in [-0.25, -0.2) is 0 Å². The number of methoxy groups -OCH3 is 2. The van der Waals surface area contributed by atoms with Gasteiger partial charge in [0.15, 0.2) is 11.5 Å². The molecule has 1 heterocycles. The Morgan fingerprint density at radius 2 is 1.90 bits per heavy atom. The zero-order valence-electron chi connectivity index (χ0n) is 12.1. The van der Waals surface area contributed by atoms with Crippen LogP contribution in [0.3, 0.4) is 0 Å². The smallest absolute Gasteiger partial charge is 0.161 e. The highest BCUT2D eigenvalue weighted by atomic mass is 35.5. The summed E-state index contributed by atoms with van der Waals surface area (Å²) in [5, 5.41) is 12.4. The van der Waals surface area contributed by atoms with Crippen LogP contribution in [0, 0.1) is 0 Å². The second-order valence-corrected chi connectivity index (χ2v) is 4.88. The van der Waals surface area contributed by atoms with Crippen molar-refractivity contribution in [2.75, 3.05) is 27.4 Å². The molecule has 4 nitrogen and oxygen atoms in total. The van der Waals surface area contributed by atoms with E-state index in [4.69, 9.17) is 14.6 Å². The first-order valence-corrected chi connectivity index (χ1v) is 6.89. The summed E-state index contributed by atoms with van der Waals surface area (Å²) in [5.41, 5.74) is 2.65. The number of halogens is 1. The maximum Gasteiger partial charge on any atom is 0.161 e. The van der Waals surface area contributed by atoms with E-state index in [0.29, 0.717) is 6.04 Å². The molecule has 5 heteroatoms. The summed E-state index contributed by atoms with van der Waals surface area (Å²) in [5.74, 6) is 1.59. The maximum atomic E-state index is 8.88. The van der Waals surface area contributed by atoms with Gasteiger partial charge in [-0.3, -0.25) is 0 Å². The van der Waals surface area contributed by atoms with Gasteiger partial charge in [0, 0.05) is 12.6 Å². The largest absolute Gasteiger partial charge is 0.493 e. The van der Waals surface area contributed by atoms with Crippen LogP contribution in [0.4, 0.5) is 0 Å². The van der Waals surface area contributed by atoms with Gasteiger partial charge < -0.3 is 19.9 Å². The summed E-state index contributed by atoms with van der Waals surface area (Å²) in [6.07, 6.45) is 3.96. The lowest BCUT2D eigenvalue weighted by Gasteiger charge is -2.28. The molecular formula is C15H24ClNO3. The Morgan fingerprint density at radius 3 is 2.55 bits per heavy atom. The lowest BCUT2D eigenvalue weighted by atomic mass is 9.90. The van der Waals surface area contributed by atoms with Crippen LogP contribution in [0.5, 0.6) is 11.5 Å². The number of hydrogen-bond donors (Lipinski definition) is 2. The fraction of sp³-hybridized carbons (Fsp3) is 0.600. The Morgan fingerprint density at radius 1 is 1.20 bits per heavy atom. The average Bonchev–Trinajstić information content (AvgIpc) is 2.46. The van der Waals surface area contributed by atoms with Gasteiger partial charge in [0.05, 0.1) is 14.2 Å². The zero-order chi connectivity index (χ0) is 13.7. The second kappa shape index (κ2) is 8.35. The highest BCUT2D eigenvalue weighted by molar-refractivity contribution is 5.85. The van der Waals surface area contributed by atoms with Crippen molar-refractivity contribution >= 4 is 12.4 Å². The number of aliphatic hydroxyl groups is 1. The van der Waals surface area contributed by atoms with Crippen LogP contribution in [0.2, 0.25) is 0 Å². The average molecular weight is 302 g/mol. The fourth-order valence-electron chi connectivity index (χ4n) is 2.69. The summed E-state index contributed by atoms with van der Waals surface area (Å²) < 4.78 is 10.7. The van der Waals surface area contributed by atoms with Gasteiger partial charge in [0.2, 0.25) is 0 Å². The van der Waals surface area contributed by atoms with Crippen molar-refractivity contribution in [3.63, 3.8) is 0 Å². The topological polar surface area (TPSA) is 50.7 Å². The molecule has 1 aromatic rings. The van der Waals surface area contributed by atoms with E-state index >= 15 is 0 Å². The third kappa shape index (κ3) is 3.78. The van der Waals surface area contributed by atoms with Gasteiger partial charge in [-0.1, -0.05) is 0 Å². The monoisotopic (exact) mass is 301 g/mol. The van der Waals surface area contributed by atoms with E-state index in [-0.39, 0.29) is 19.0 Å². The van der Waals surface area contributed by atoms with Gasteiger partial charge >= 0.3 is 0 Å². The van der Waals surface area contributed by atoms with Crippen LogP contribution < -0.4 is 14.8 Å². The van der Waals surface area contributed by atoms with Gasteiger partial charge in [-0.05, 0) is 55.5 Å². The van der Waals surface area contributed by atoms with E-state index in [1.165, 1.54) is 11.1 Å². The quantitative estimate of drug-likeness (QED) is 0.793. The first kappa shape index (κ1) is 17.1. The third-order valence-corrected chi connectivity index (χ3v) is 3.71. The lowest BCUT2D eigenvalue weighted by Crippen LogP contribution is -2.30. The van der Waals surface area contributed by atoms with Crippen molar-refractivity contribution in [2.24, 2.45) is 0 Å². The van der Waals surface area contributed by atoms with Crippen molar-refractivity contribution < 1.29 is 14.6 Å². The third-order valence-electron chi connectivity index (χ3n) is 3.71. The number of hydrogen-bond acceptors (Lipinski definition) is 4. The SMILES string of the molecule is COc1cc2c(cc1OC)C(CCCCO)NCC2.Cl. The van der Waals surface area contributed by atoms with Crippen LogP contribution in [0.15, 0.2) is 12.1 Å². The molecule has 1 unspecified atom stereocenters. The summed E-state index contributed by atoms with van der Waals surface area (Å²) in [6, 6.07) is 4.54. The Kier molecular flexibility index (Phi) is 7.13. The minimum absolute atomic E-state index is 0. The van der Waals surface area contributed by atoms with Crippen molar-refractivity contribution in [3.8, 4) is 11.5 Å². The van der Waals surface area contributed by atoms with Crippen LogP contribution in [-0.2, 0) is 6.42 Å². The summed E-state index contributed by atoms with van der Waals surface area (Å²) >= 11 is 0. The van der Waals surface area contributed by atoms with Gasteiger partial charge in [0.25, 0.3) is 0 Å². The minimum Gasteiger partial charge on any atom is -0.493 e. The highest BCUT2D eigenvalue weighted by Crippen LogP contribution is 2.36. The van der Waals surface area contributed by atoms with Crippen molar-refractivity contribution in [2.45, 2.75) is 31.7 Å². The molecule has 0 bridgehead atoms. The Bertz CT molecular complexity index is 426. The van der Waals surface area contributed by atoms with Crippen LogP contribution in [-0.4, -0.2) is 32.5 Å². The van der Waals surface area contributed by atoms with Gasteiger partial charge in [-0.15, -0.1) is 12.4 Å². The van der Waals surface area contributed by atoms with E-state index < -0.39 is 0 Å². The fourth-order valence-corrected chi connectivity index (χ4v) is 2.69. The molecule has 0 aromatic heterocycles. The number of rotatable bonds is 6. The number of ether oxygens (including phenoxy) is 2. The molecule has 114 valence electrons. The van der Waals surface area contributed by atoms with E-state index in [0.717, 1.165) is 43.7 Å². The Hall–Kier alpha value is -0.970. The van der Waals surface area contributed by atoms with Crippen LogP contribution >= 0.6 is 12.4 Å². The van der Waals surface area contributed by atoms with E-state index in [1.807, 2.05) is 0 Å². The predicted molar refractivity (Wildman–Crippen MR) is 82.2 cm³/mol. The molecule has 0 amide bonds.